The maximum atomic E-state index is 5.98. The summed E-state index contributed by atoms with van der Waals surface area (Å²) in [5, 5.41) is 0. The predicted octanol–water partition coefficient (Wildman–Crippen LogP) is 3.31. The van der Waals surface area contributed by atoms with Gasteiger partial charge in [0.15, 0.2) is 6.20 Å². The Bertz CT molecular complexity index is 614. The van der Waals surface area contributed by atoms with Crippen molar-refractivity contribution in [2.45, 2.75) is 25.7 Å². The molecule has 1 aliphatic rings. The van der Waals surface area contributed by atoms with E-state index in [-0.39, 0.29) is 0 Å². The van der Waals surface area contributed by atoms with Crippen LogP contribution in [0, 0.1) is 0 Å². The van der Waals surface area contributed by atoms with Gasteiger partial charge in [-0.05, 0) is 55.0 Å². The van der Waals surface area contributed by atoms with E-state index in [9.17, 15) is 0 Å². The molecule has 2 nitrogen and oxygen atoms in total. The van der Waals surface area contributed by atoms with Crippen LogP contribution < -0.4 is 10.5 Å². The fourth-order valence-electron chi connectivity index (χ4n) is 2.68. The minimum atomic E-state index is 1.04. The van der Waals surface area contributed by atoms with Crippen molar-refractivity contribution in [3.8, 4) is 11.3 Å². The lowest BCUT2D eigenvalue weighted by Crippen LogP contribution is -2.45. The van der Waals surface area contributed by atoms with Crippen molar-refractivity contribution in [3.63, 3.8) is 0 Å². The van der Waals surface area contributed by atoms with Crippen LogP contribution in [0.1, 0.15) is 31.2 Å². The highest BCUT2D eigenvalue weighted by Gasteiger charge is 2.12. The molecule has 2 N–H and O–H groups in total. The summed E-state index contributed by atoms with van der Waals surface area (Å²) < 4.78 is 1.67. The van der Waals surface area contributed by atoms with Crippen LogP contribution in [-0.4, -0.2) is 0 Å². The number of nitrogen functional groups attached to an aromatic ring is 1. The first-order valence-electron chi connectivity index (χ1n) is 6.90. The predicted molar refractivity (Wildman–Crippen MR) is 78.7 cm³/mol. The number of rotatable bonds is 2. The van der Waals surface area contributed by atoms with Gasteiger partial charge in [0.2, 0.25) is 5.69 Å². The van der Waals surface area contributed by atoms with E-state index in [0.29, 0.717) is 0 Å². The fraction of sp³-hybridized carbons (Fsp3) is 0.235. The van der Waals surface area contributed by atoms with Gasteiger partial charge >= 0.3 is 0 Å². The highest BCUT2D eigenvalue weighted by molar-refractivity contribution is 5.71. The average Bonchev–Trinajstić information content (AvgIpc) is 2.49. The fourth-order valence-corrected chi connectivity index (χ4v) is 2.68. The summed E-state index contributed by atoms with van der Waals surface area (Å²) in [5.41, 5.74) is 5.03. The van der Waals surface area contributed by atoms with Gasteiger partial charge in [-0.1, -0.05) is 22.9 Å². The van der Waals surface area contributed by atoms with E-state index in [1.54, 1.807) is 4.68 Å². The first-order chi connectivity index (χ1) is 9.34. The van der Waals surface area contributed by atoms with Gasteiger partial charge in [-0.25, -0.2) is 5.84 Å². The quantitative estimate of drug-likeness (QED) is 0.644. The van der Waals surface area contributed by atoms with Crippen molar-refractivity contribution in [1.29, 1.82) is 0 Å². The van der Waals surface area contributed by atoms with E-state index < -0.39 is 0 Å². The molecule has 0 saturated heterocycles. The number of benzene rings is 1. The molecule has 0 radical (unpaired) electrons. The zero-order chi connectivity index (χ0) is 13.1. The molecule has 1 aromatic carbocycles. The molecule has 2 heteroatoms. The molecule has 2 aromatic rings. The van der Waals surface area contributed by atoms with Crippen LogP contribution in [-0.2, 0) is 0 Å². The Labute approximate surface area is 114 Å². The molecule has 0 saturated carbocycles. The first kappa shape index (κ1) is 12.0. The number of hydrogen-bond donors (Lipinski definition) is 1. The van der Waals surface area contributed by atoms with Crippen LogP contribution in [0.4, 0.5) is 0 Å². The summed E-state index contributed by atoms with van der Waals surface area (Å²) in [6, 6.07) is 14.7. The molecule has 1 aliphatic carbocycles. The third-order valence-corrected chi connectivity index (χ3v) is 3.71. The Morgan fingerprint density at radius 2 is 1.84 bits per heavy atom. The topological polar surface area (TPSA) is 29.9 Å². The van der Waals surface area contributed by atoms with Gasteiger partial charge in [0.05, 0.1) is 0 Å². The molecule has 19 heavy (non-hydrogen) atoms. The van der Waals surface area contributed by atoms with Crippen LogP contribution in [0.5, 0.6) is 0 Å². The molecule has 0 atom stereocenters. The number of aromatic nitrogens is 1. The molecule has 1 heterocycles. The van der Waals surface area contributed by atoms with E-state index >= 15 is 0 Å². The van der Waals surface area contributed by atoms with Gasteiger partial charge in [-0.3, -0.25) is 0 Å². The average molecular weight is 251 g/mol. The molecule has 96 valence electrons. The summed E-state index contributed by atoms with van der Waals surface area (Å²) >= 11 is 0. The summed E-state index contributed by atoms with van der Waals surface area (Å²) in [7, 11) is 0. The molecule has 3 rings (SSSR count). The van der Waals surface area contributed by atoms with Gasteiger partial charge in [0, 0.05) is 17.7 Å². The Balaban J connectivity index is 2.01. The highest BCUT2D eigenvalue weighted by atomic mass is 15.3. The molecule has 1 aromatic heterocycles. The number of allylic oxidation sites excluding steroid dienone is 2. The standard InChI is InChI=1S/C17H19N2/c18-19-12-5-4-11-17(19)16-10-6-9-15(13-16)14-7-2-1-3-8-14/h4-7,9-13H,1-3,8,18H2/q+1. The first-order valence-corrected chi connectivity index (χ1v) is 6.90. The van der Waals surface area contributed by atoms with Crippen molar-refractivity contribution in [3.05, 3.63) is 60.3 Å². The summed E-state index contributed by atoms with van der Waals surface area (Å²) in [6.45, 7) is 0. The number of pyridine rings is 1. The molecule has 0 aliphatic heterocycles. The van der Waals surface area contributed by atoms with Crippen molar-refractivity contribution in [2.24, 2.45) is 0 Å². The Morgan fingerprint density at radius 3 is 2.63 bits per heavy atom. The number of hydrogen-bond acceptors (Lipinski definition) is 1. The maximum Gasteiger partial charge on any atom is 0.242 e. The van der Waals surface area contributed by atoms with E-state index in [2.05, 4.69) is 30.3 Å². The van der Waals surface area contributed by atoms with Gasteiger partial charge in [-0.2, -0.15) is 0 Å². The second kappa shape index (κ2) is 5.27. The molecular formula is C17H19N2+. The van der Waals surface area contributed by atoms with Gasteiger partial charge < -0.3 is 0 Å². The lowest BCUT2D eigenvalue weighted by Gasteiger charge is -2.13. The van der Waals surface area contributed by atoms with Crippen LogP contribution >= 0.6 is 0 Å². The number of nitrogens with zero attached hydrogens (tertiary/aromatic N) is 1. The van der Waals surface area contributed by atoms with E-state index in [4.69, 9.17) is 5.84 Å². The van der Waals surface area contributed by atoms with Crippen LogP contribution in [0.3, 0.4) is 0 Å². The second-order valence-corrected chi connectivity index (χ2v) is 5.05. The number of nitrogens with two attached hydrogens (primary N) is 1. The smallest absolute Gasteiger partial charge is 0.205 e. The van der Waals surface area contributed by atoms with Crippen LogP contribution in [0.15, 0.2) is 54.7 Å². The third-order valence-electron chi connectivity index (χ3n) is 3.71. The van der Waals surface area contributed by atoms with E-state index in [1.165, 1.54) is 42.4 Å². The summed E-state index contributed by atoms with van der Waals surface area (Å²) in [6.07, 6.45) is 9.29. The summed E-state index contributed by atoms with van der Waals surface area (Å²) in [4.78, 5) is 0. The van der Waals surface area contributed by atoms with Gasteiger partial charge in [0.1, 0.15) is 0 Å². The normalized spacial score (nSPS) is 15.1. The molecule has 0 fully saturated rings. The minimum Gasteiger partial charge on any atom is -0.205 e. The van der Waals surface area contributed by atoms with E-state index in [0.717, 1.165) is 5.69 Å². The van der Waals surface area contributed by atoms with Gasteiger partial charge in [-0.15, -0.1) is 0 Å². The van der Waals surface area contributed by atoms with E-state index in [1.807, 2.05) is 24.4 Å². The molecule has 0 bridgehead atoms. The zero-order valence-electron chi connectivity index (χ0n) is 11.0. The Morgan fingerprint density at radius 1 is 0.947 bits per heavy atom. The van der Waals surface area contributed by atoms with Crippen LogP contribution in [0.2, 0.25) is 0 Å². The highest BCUT2D eigenvalue weighted by Crippen LogP contribution is 2.28. The monoisotopic (exact) mass is 251 g/mol. The SMILES string of the molecule is N[n+]1ccccc1-c1cccc(C2=CCCCC2)c1. The van der Waals surface area contributed by atoms with Gasteiger partial charge in [0.25, 0.3) is 0 Å². The second-order valence-electron chi connectivity index (χ2n) is 5.05. The largest absolute Gasteiger partial charge is 0.242 e. The van der Waals surface area contributed by atoms with Crippen LogP contribution in [0.25, 0.3) is 16.8 Å². The lowest BCUT2D eigenvalue weighted by molar-refractivity contribution is -0.627. The molecule has 0 amide bonds. The Hall–Kier alpha value is -2.09. The Kier molecular flexibility index (Phi) is 3.32. The molecular weight excluding hydrogens is 232 g/mol. The molecule has 0 unspecified atom stereocenters. The van der Waals surface area contributed by atoms with Crippen molar-refractivity contribution in [1.82, 2.24) is 0 Å². The summed E-state index contributed by atoms with van der Waals surface area (Å²) in [5.74, 6) is 5.98. The maximum absolute atomic E-state index is 5.98. The zero-order valence-corrected chi connectivity index (χ0v) is 11.0. The molecule has 0 spiro atoms. The van der Waals surface area contributed by atoms with Crippen molar-refractivity contribution in [2.75, 3.05) is 5.84 Å². The van der Waals surface area contributed by atoms with Crippen molar-refractivity contribution >= 4 is 5.57 Å². The lowest BCUT2D eigenvalue weighted by atomic mass is 9.92. The minimum absolute atomic E-state index is 1.04. The third kappa shape index (κ3) is 2.53. The van der Waals surface area contributed by atoms with Crippen molar-refractivity contribution < 1.29 is 4.68 Å².